The molecule has 0 spiro atoms. The number of nitrogens with two attached hydrogens (primary N) is 1. The van der Waals surface area contributed by atoms with Crippen molar-refractivity contribution in [2.75, 3.05) is 6.54 Å². The van der Waals surface area contributed by atoms with Gasteiger partial charge in [-0.15, -0.1) is 0 Å². The molecule has 92 valence electrons. The molecule has 0 aliphatic rings. The van der Waals surface area contributed by atoms with Crippen molar-refractivity contribution >= 4 is 11.1 Å². The van der Waals surface area contributed by atoms with Crippen LogP contribution in [0.2, 0.25) is 0 Å². The van der Waals surface area contributed by atoms with Crippen molar-refractivity contribution < 1.29 is 4.42 Å². The lowest BCUT2D eigenvalue weighted by Crippen LogP contribution is -2.03. The van der Waals surface area contributed by atoms with Crippen LogP contribution >= 0.6 is 0 Å². The first-order valence-electron chi connectivity index (χ1n) is 5.63. The number of benzene rings is 1. The normalized spacial score (nSPS) is 11.2. The molecule has 0 bridgehead atoms. The Morgan fingerprint density at radius 3 is 3.11 bits per heavy atom. The third-order valence-corrected chi connectivity index (χ3v) is 2.84. The van der Waals surface area contributed by atoms with Crippen LogP contribution in [-0.4, -0.2) is 21.7 Å². The summed E-state index contributed by atoms with van der Waals surface area (Å²) in [4.78, 5) is 13.7. The van der Waals surface area contributed by atoms with Crippen molar-refractivity contribution in [1.29, 1.82) is 0 Å². The maximum atomic E-state index is 11.1. The van der Waals surface area contributed by atoms with Crippen molar-refractivity contribution in [3.63, 3.8) is 0 Å². The van der Waals surface area contributed by atoms with Crippen molar-refractivity contribution in [3.05, 3.63) is 40.6 Å². The molecule has 1 aromatic carbocycles. The van der Waals surface area contributed by atoms with E-state index in [9.17, 15) is 4.79 Å². The Hall–Kier alpha value is -2.34. The van der Waals surface area contributed by atoms with Gasteiger partial charge in [-0.25, -0.2) is 4.79 Å². The summed E-state index contributed by atoms with van der Waals surface area (Å²) in [5, 5.41) is 6.95. The van der Waals surface area contributed by atoms with Gasteiger partial charge in [-0.2, -0.15) is 5.10 Å². The summed E-state index contributed by atoms with van der Waals surface area (Å²) < 4.78 is 5.04. The molecule has 2 aromatic heterocycles. The van der Waals surface area contributed by atoms with Gasteiger partial charge in [0.05, 0.1) is 11.7 Å². The van der Waals surface area contributed by atoms with Crippen LogP contribution < -0.4 is 11.5 Å². The van der Waals surface area contributed by atoms with Crippen LogP contribution in [0.5, 0.6) is 0 Å². The molecular weight excluding hydrogens is 232 g/mol. The fourth-order valence-electron chi connectivity index (χ4n) is 2.01. The second kappa shape index (κ2) is 4.15. The predicted octanol–water partition coefficient (Wildman–Crippen LogP) is 1.01. The molecule has 0 saturated carbocycles. The van der Waals surface area contributed by atoms with Gasteiger partial charge < -0.3 is 10.2 Å². The maximum Gasteiger partial charge on any atom is 0.417 e. The number of aromatic nitrogens is 3. The zero-order chi connectivity index (χ0) is 12.5. The van der Waals surface area contributed by atoms with Gasteiger partial charge in [0, 0.05) is 17.7 Å². The van der Waals surface area contributed by atoms with Gasteiger partial charge in [-0.05, 0) is 24.2 Å². The average Bonchev–Trinajstić information content (AvgIpc) is 2.93. The van der Waals surface area contributed by atoms with Crippen LogP contribution in [0, 0.1) is 0 Å². The predicted molar refractivity (Wildman–Crippen MR) is 67.2 cm³/mol. The number of hydrogen-bond donors (Lipinski definition) is 3. The van der Waals surface area contributed by atoms with Crippen LogP contribution in [0.4, 0.5) is 0 Å². The minimum absolute atomic E-state index is 0.448. The zero-order valence-corrected chi connectivity index (χ0v) is 9.56. The van der Waals surface area contributed by atoms with E-state index < -0.39 is 5.76 Å². The summed E-state index contributed by atoms with van der Waals surface area (Å²) in [7, 11) is 0. The van der Waals surface area contributed by atoms with Gasteiger partial charge in [-0.1, -0.05) is 6.07 Å². The highest BCUT2D eigenvalue weighted by Crippen LogP contribution is 2.25. The highest BCUT2D eigenvalue weighted by Gasteiger charge is 2.09. The van der Waals surface area contributed by atoms with E-state index in [1.165, 1.54) is 0 Å². The van der Waals surface area contributed by atoms with Crippen molar-refractivity contribution in [2.45, 2.75) is 6.42 Å². The van der Waals surface area contributed by atoms with E-state index in [0.717, 1.165) is 23.2 Å². The smallest absolute Gasteiger partial charge is 0.408 e. The van der Waals surface area contributed by atoms with Crippen LogP contribution in [0.3, 0.4) is 0 Å². The topological polar surface area (TPSA) is 101 Å². The Morgan fingerprint density at radius 2 is 2.28 bits per heavy atom. The van der Waals surface area contributed by atoms with Crippen LogP contribution in [0.1, 0.15) is 5.69 Å². The summed E-state index contributed by atoms with van der Waals surface area (Å²) in [6.07, 6.45) is 2.47. The molecule has 18 heavy (non-hydrogen) atoms. The molecule has 2 heterocycles. The Balaban J connectivity index is 2.12. The number of nitrogens with zero attached hydrogens (tertiary/aromatic N) is 1. The molecule has 0 fully saturated rings. The Bertz CT molecular complexity index is 738. The van der Waals surface area contributed by atoms with Crippen LogP contribution in [0.15, 0.2) is 33.6 Å². The van der Waals surface area contributed by atoms with E-state index in [1.807, 2.05) is 18.2 Å². The molecule has 3 rings (SSSR count). The standard InChI is InChI=1S/C12H12N4O2/c13-4-3-9-8(6-14-16-9)7-1-2-10-11(5-7)18-12(17)15-10/h1-2,5-6H,3-4,13H2,(H,14,16)(H,15,17). The lowest BCUT2D eigenvalue weighted by atomic mass is 10.0. The van der Waals surface area contributed by atoms with E-state index in [1.54, 1.807) is 6.20 Å². The molecule has 0 atom stereocenters. The first-order valence-corrected chi connectivity index (χ1v) is 5.63. The summed E-state index contributed by atoms with van der Waals surface area (Å²) in [5.41, 5.74) is 9.68. The van der Waals surface area contributed by atoms with Gasteiger partial charge in [-0.3, -0.25) is 10.1 Å². The zero-order valence-electron chi connectivity index (χ0n) is 9.56. The summed E-state index contributed by atoms with van der Waals surface area (Å²) >= 11 is 0. The van der Waals surface area contributed by atoms with E-state index in [4.69, 9.17) is 10.2 Å². The molecule has 0 aliphatic carbocycles. The number of rotatable bonds is 3. The van der Waals surface area contributed by atoms with E-state index in [0.29, 0.717) is 17.6 Å². The Labute approximate surface area is 102 Å². The van der Waals surface area contributed by atoms with E-state index in [-0.39, 0.29) is 0 Å². The molecule has 0 saturated heterocycles. The molecular formula is C12H12N4O2. The molecule has 0 aliphatic heterocycles. The number of oxazole rings is 1. The van der Waals surface area contributed by atoms with Crippen LogP contribution in [0.25, 0.3) is 22.2 Å². The first kappa shape index (κ1) is 10.8. The quantitative estimate of drug-likeness (QED) is 0.640. The van der Waals surface area contributed by atoms with Crippen molar-refractivity contribution in [2.24, 2.45) is 5.73 Å². The van der Waals surface area contributed by atoms with Crippen molar-refractivity contribution in [3.8, 4) is 11.1 Å². The van der Waals surface area contributed by atoms with Gasteiger partial charge in [0.25, 0.3) is 0 Å². The first-order chi connectivity index (χ1) is 8.78. The third kappa shape index (κ3) is 1.72. The summed E-state index contributed by atoms with van der Waals surface area (Å²) in [5.74, 6) is -0.448. The average molecular weight is 244 g/mol. The second-order valence-electron chi connectivity index (χ2n) is 4.03. The number of fused-ring (bicyclic) bond motifs is 1. The molecule has 6 nitrogen and oxygen atoms in total. The maximum absolute atomic E-state index is 11.1. The highest BCUT2D eigenvalue weighted by molar-refractivity contribution is 5.80. The summed E-state index contributed by atoms with van der Waals surface area (Å²) in [6, 6.07) is 5.55. The molecule has 0 radical (unpaired) electrons. The monoisotopic (exact) mass is 244 g/mol. The molecule has 3 aromatic rings. The van der Waals surface area contributed by atoms with Gasteiger partial charge in [0.2, 0.25) is 0 Å². The molecule has 4 N–H and O–H groups in total. The molecule has 6 heteroatoms. The molecule has 0 amide bonds. The Kier molecular flexibility index (Phi) is 2.49. The van der Waals surface area contributed by atoms with Crippen molar-refractivity contribution in [1.82, 2.24) is 15.2 Å². The Morgan fingerprint density at radius 1 is 1.39 bits per heavy atom. The van der Waals surface area contributed by atoms with Crippen LogP contribution in [-0.2, 0) is 6.42 Å². The lowest BCUT2D eigenvalue weighted by Gasteiger charge is -2.01. The summed E-state index contributed by atoms with van der Waals surface area (Å²) in [6.45, 7) is 0.552. The number of aromatic amines is 2. The SMILES string of the molecule is NCCc1[nH]ncc1-c1ccc2[nH]c(=O)oc2c1. The fraction of sp³-hybridized carbons (Fsp3) is 0.167. The number of H-pyrrole nitrogens is 2. The van der Waals surface area contributed by atoms with Gasteiger partial charge in [0.15, 0.2) is 5.58 Å². The highest BCUT2D eigenvalue weighted by atomic mass is 16.4. The van der Waals surface area contributed by atoms with Gasteiger partial charge >= 0.3 is 5.76 Å². The third-order valence-electron chi connectivity index (χ3n) is 2.84. The number of nitrogens with one attached hydrogen (secondary N) is 2. The van der Waals surface area contributed by atoms with Gasteiger partial charge in [0.1, 0.15) is 0 Å². The molecule has 0 unspecified atom stereocenters. The lowest BCUT2D eigenvalue weighted by molar-refractivity contribution is 0.555. The van der Waals surface area contributed by atoms with E-state index >= 15 is 0 Å². The van der Waals surface area contributed by atoms with E-state index in [2.05, 4.69) is 15.2 Å². The fourth-order valence-corrected chi connectivity index (χ4v) is 2.01. The largest absolute Gasteiger partial charge is 0.417 e. The second-order valence-corrected chi connectivity index (χ2v) is 4.03. The minimum Gasteiger partial charge on any atom is -0.408 e. The minimum atomic E-state index is -0.448. The number of hydrogen-bond acceptors (Lipinski definition) is 4.